The van der Waals surface area contributed by atoms with E-state index < -0.39 is 5.97 Å². The van der Waals surface area contributed by atoms with Crippen molar-refractivity contribution in [3.8, 4) is 0 Å². The molecule has 0 unspecified atom stereocenters. The van der Waals surface area contributed by atoms with Gasteiger partial charge in [0.15, 0.2) is 6.61 Å². The van der Waals surface area contributed by atoms with Gasteiger partial charge in [0.05, 0.1) is 11.1 Å². The van der Waals surface area contributed by atoms with Gasteiger partial charge in [0.1, 0.15) is 0 Å². The van der Waals surface area contributed by atoms with Crippen LogP contribution < -0.4 is 5.32 Å². The summed E-state index contributed by atoms with van der Waals surface area (Å²) in [6.45, 7) is 5.89. The van der Waals surface area contributed by atoms with Gasteiger partial charge in [0.2, 0.25) is 0 Å². The monoisotopic (exact) mass is 368 g/mol. The number of aryl methyl sites for hydroxylation is 1. The third kappa shape index (κ3) is 4.46. The van der Waals surface area contributed by atoms with Crippen molar-refractivity contribution in [2.75, 3.05) is 6.61 Å². The molecule has 1 amide bonds. The molecule has 5 nitrogen and oxygen atoms in total. The second-order valence-electron chi connectivity index (χ2n) is 7.53. The number of esters is 1. The molecule has 0 saturated heterocycles. The molecule has 2 aromatic rings. The van der Waals surface area contributed by atoms with Gasteiger partial charge < -0.3 is 10.1 Å². The van der Waals surface area contributed by atoms with Crippen LogP contribution in [-0.4, -0.2) is 29.5 Å². The first-order valence-electron chi connectivity index (χ1n) is 9.84. The maximum absolute atomic E-state index is 12.8. The number of amides is 1. The Morgan fingerprint density at radius 2 is 1.89 bits per heavy atom. The Balaban J connectivity index is 1.69. The summed E-state index contributed by atoms with van der Waals surface area (Å²) in [5.74, 6) is 0.0366. The number of rotatable bonds is 5. The van der Waals surface area contributed by atoms with Gasteiger partial charge in [-0.1, -0.05) is 32.0 Å². The first kappa shape index (κ1) is 19.3. The van der Waals surface area contributed by atoms with Crippen LogP contribution in [-0.2, 0) is 16.0 Å². The molecule has 0 atom stereocenters. The number of para-hydroxylation sites is 1. The largest absolute Gasteiger partial charge is 0.452 e. The van der Waals surface area contributed by atoms with E-state index in [1.807, 2.05) is 38.1 Å². The van der Waals surface area contributed by atoms with E-state index in [0.717, 1.165) is 60.2 Å². The van der Waals surface area contributed by atoms with Crippen molar-refractivity contribution in [1.82, 2.24) is 10.3 Å². The van der Waals surface area contributed by atoms with Gasteiger partial charge in [-0.05, 0) is 56.6 Å². The van der Waals surface area contributed by atoms with E-state index in [4.69, 9.17) is 4.74 Å². The number of carbonyl (C=O) groups is 2. The average Bonchev–Trinajstić information content (AvgIpc) is 2.67. The van der Waals surface area contributed by atoms with Crippen LogP contribution >= 0.6 is 0 Å². The summed E-state index contributed by atoms with van der Waals surface area (Å²) in [5, 5.41) is 3.75. The van der Waals surface area contributed by atoms with Gasteiger partial charge in [-0.25, -0.2) is 4.79 Å². The van der Waals surface area contributed by atoms with Gasteiger partial charge in [0.25, 0.3) is 5.91 Å². The highest BCUT2D eigenvalue weighted by Gasteiger charge is 2.22. The summed E-state index contributed by atoms with van der Waals surface area (Å²) in [7, 11) is 0. The molecule has 1 aromatic heterocycles. The fourth-order valence-electron chi connectivity index (χ4n) is 3.84. The molecule has 1 aliphatic carbocycles. The summed E-state index contributed by atoms with van der Waals surface area (Å²) < 4.78 is 5.36. The zero-order chi connectivity index (χ0) is 19.4. The number of nitrogens with one attached hydrogen (secondary N) is 1. The van der Waals surface area contributed by atoms with Crippen molar-refractivity contribution in [2.45, 2.75) is 58.9 Å². The first-order chi connectivity index (χ1) is 13.0. The van der Waals surface area contributed by atoms with Crippen molar-refractivity contribution in [2.24, 2.45) is 5.92 Å². The SMILES string of the molecule is CCc1nc2ccccc2c(C(=O)OCC(=O)NC2CCC(C)CC2)c1C. The van der Waals surface area contributed by atoms with Crippen molar-refractivity contribution in [3.05, 3.63) is 41.1 Å². The zero-order valence-corrected chi connectivity index (χ0v) is 16.4. The molecule has 144 valence electrons. The molecule has 1 aromatic carbocycles. The normalized spacial score (nSPS) is 19.7. The Hall–Kier alpha value is -2.43. The zero-order valence-electron chi connectivity index (χ0n) is 16.4. The minimum atomic E-state index is -0.465. The highest BCUT2D eigenvalue weighted by molar-refractivity contribution is 6.05. The number of ether oxygens (including phenoxy) is 1. The number of benzene rings is 1. The topological polar surface area (TPSA) is 68.3 Å². The van der Waals surface area contributed by atoms with Gasteiger partial charge in [-0.3, -0.25) is 9.78 Å². The Morgan fingerprint density at radius 3 is 2.59 bits per heavy atom. The summed E-state index contributed by atoms with van der Waals surface area (Å²) in [6, 6.07) is 7.73. The Morgan fingerprint density at radius 1 is 1.19 bits per heavy atom. The Bertz CT molecular complexity index is 839. The number of carbonyl (C=O) groups excluding carboxylic acids is 2. The first-order valence-corrected chi connectivity index (χ1v) is 9.84. The number of nitrogens with zero attached hydrogens (tertiary/aromatic N) is 1. The minimum Gasteiger partial charge on any atom is -0.452 e. The number of hydrogen-bond donors (Lipinski definition) is 1. The average molecular weight is 368 g/mol. The van der Waals surface area contributed by atoms with Crippen LogP contribution in [0.15, 0.2) is 24.3 Å². The third-order valence-corrected chi connectivity index (χ3v) is 5.49. The molecule has 1 saturated carbocycles. The second kappa shape index (κ2) is 8.51. The van der Waals surface area contributed by atoms with Gasteiger partial charge in [-0.15, -0.1) is 0 Å². The van der Waals surface area contributed by atoms with Crippen molar-refractivity contribution < 1.29 is 14.3 Å². The number of fused-ring (bicyclic) bond motifs is 1. The lowest BCUT2D eigenvalue weighted by atomic mass is 9.87. The standard InChI is InChI=1S/C22H28N2O3/c1-4-18-15(3)21(17-7-5-6-8-19(17)24-18)22(26)27-13-20(25)23-16-11-9-14(2)10-12-16/h5-8,14,16H,4,9-13H2,1-3H3,(H,23,25). The van der Waals surface area contributed by atoms with Crippen LogP contribution in [0.5, 0.6) is 0 Å². The van der Waals surface area contributed by atoms with Gasteiger partial charge >= 0.3 is 5.97 Å². The Labute approximate surface area is 160 Å². The van der Waals surface area contributed by atoms with Crippen LogP contribution in [0.2, 0.25) is 0 Å². The molecule has 1 N–H and O–H groups in total. The van der Waals surface area contributed by atoms with Crippen LogP contribution in [0.3, 0.4) is 0 Å². The summed E-state index contributed by atoms with van der Waals surface area (Å²) in [6.07, 6.45) is 4.99. The summed E-state index contributed by atoms with van der Waals surface area (Å²) in [5.41, 5.74) is 2.98. The molecule has 0 radical (unpaired) electrons. The van der Waals surface area contributed by atoms with Crippen molar-refractivity contribution in [3.63, 3.8) is 0 Å². The predicted octanol–water partition coefficient (Wildman–Crippen LogP) is 3.96. The molecule has 0 spiro atoms. The smallest absolute Gasteiger partial charge is 0.339 e. The van der Waals surface area contributed by atoms with E-state index in [0.29, 0.717) is 5.56 Å². The molecule has 27 heavy (non-hydrogen) atoms. The number of hydrogen-bond acceptors (Lipinski definition) is 4. The van der Waals surface area contributed by atoms with Crippen molar-refractivity contribution >= 4 is 22.8 Å². The minimum absolute atomic E-state index is 0.197. The summed E-state index contributed by atoms with van der Waals surface area (Å²) in [4.78, 5) is 29.6. The van der Waals surface area contributed by atoms with E-state index in [2.05, 4.69) is 17.2 Å². The third-order valence-electron chi connectivity index (χ3n) is 5.49. The van der Waals surface area contributed by atoms with Gasteiger partial charge in [0, 0.05) is 17.1 Å². The lowest BCUT2D eigenvalue weighted by Crippen LogP contribution is -2.39. The Kier molecular flexibility index (Phi) is 6.09. The van der Waals surface area contributed by atoms with E-state index in [1.54, 1.807) is 0 Å². The molecule has 1 heterocycles. The van der Waals surface area contributed by atoms with E-state index in [9.17, 15) is 9.59 Å². The molecule has 0 bridgehead atoms. The van der Waals surface area contributed by atoms with Crippen LogP contribution in [0.4, 0.5) is 0 Å². The molecular formula is C22H28N2O3. The highest BCUT2D eigenvalue weighted by atomic mass is 16.5. The quantitative estimate of drug-likeness (QED) is 0.811. The maximum Gasteiger partial charge on any atom is 0.339 e. The molecule has 5 heteroatoms. The van der Waals surface area contributed by atoms with Crippen LogP contribution in [0, 0.1) is 12.8 Å². The molecule has 3 rings (SSSR count). The highest BCUT2D eigenvalue weighted by Crippen LogP contribution is 2.25. The van der Waals surface area contributed by atoms with Gasteiger partial charge in [-0.2, -0.15) is 0 Å². The fourth-order valence-corrected chi connectivity index (χ4v) is 3.84. The fraction of sp³-hybridized carbons (Fsp3) is 0.500. The van der Waals surface area contributed by atoms with E-state index >= 15 is 0 Å². The maximum atomic E-state index is 12.8. The predicted molar refractivity (Wildman–Crippen MR) is 106 cm³/mol. The molecule has 1 aliphatic rings. The molecular weight excluding hydrogens is 340 g/mol. The lowest BCUT2D eigenvalue weighted by Gasteiger charge is -2.26. The summed E-state index contributed by atoms with van der Waals surface area (Å²) >= 11 is 0. The van der Waals surface area contributed by atoms with Crippen LogP contribution in [0.25, 0.3) is 10.9 Å². The van der Waals surface area contributed by atoms with Crippen molar-refractivity contribution in [1.29, 1.82) is 0 Å². The van der Waals surface area contributed by atoms with E-state index in [1.165, 1.54) is 0 Å². The second-order valence-corrected chi connectivity index (χ2v) is 7.53. The van der Waals surface area contributed by atoms with Crippen LogP contribution in [0.1, 0.15) is 61.1 Å². The number of pyridine rings is 1. The lowest BCUT2D eigenvalue weighted by molar-refractivity contribution is -0.125. The molecule has 1 fully saturated rings. The number of aromatic nitrogens is 1. The van der Waals surface area contributed by atoms with E-state index in [-0.39, 0.29) is 18.6 Å². The molecule has 0 aliphatic heterocycles.